The summed E-state index contributed by atoms with van der Waals surface area (Å²) in [6, 6.07) is 19.3. The number of hydrogen-bond donors (Lipinski definition) is 0. The molecule has 6 heteroatoms. The highest BCUT2D eigenvalue weighted by molar-refractivity contribution is 7.89. The molecule has 29 heavy (non-hydrogen) atoms. The topological polar surface area (TPSA) is 63.7 Å². The molecular formula is C23H23NO4S. The van der Waals surface area contributed by atoms with E-state index in [2.05, 4.69) is 0 Å². The van der Waals surface area contributed by atoms with Crippen LogP contribution < -0.4 is 4.74 Å². The van der Waals surface area contributed by atoms with Crippen LogP contribution >= 0.6 is 0 Å². The van der Waals surface area contributed by atoms with Crippen molar-refractivity contribution in [2.45, 2.75) is 30.6 Å². The molecule has 150 valence electrons. The number of rotatable bonds is 4. The first-order chi connectivity index (χ1) is 14.0. The summed E-state index contributed by atoms with van der Waals surface area (Å²) in [5.74, 6) is -0.150. The number of sulfonamides is 1. The lowest BCUT2D eigenvalue weighted by Gasteiger charge is -2.20. The Kier molecular flexibility index (Phi) is 5.65. The van der Waals surface area contributed by atoms with Gasteiger partial charge < -0.3 is 4.74 Å². The van der Waals surface area contributed by atoms with E-state index < -0.39 is 16.0 Å². The molecule has 0 aromatic heterocycles. The number of carbonyl (C=O) groups is 1. The van der Waals surface area contributed by atoms with Crippen molar-refractivity contribution in [3.8, 4) is 5.75 Å². The van der Waals surface area contributed by atoms with Gasteiger partial charge in [-0.05, 0) is 53.9 Å². The zero-order chi connectivity index (χ0) is 20.3. The average molecular weight is 410 g/mol. The molecule has 0 unspecified atom stereocenters. The second-order valence-electron chi connectivity index (χ2n) is 7.24. The third kappa shape index (κ3) is 4.33. The van der Waals surface area contributed by atoms with Crippen molar-refractivity contribution >= 4 is 26.8 Å². The van der Waals surface area contributed by atoms with Gasteiger partial charge in [0.15, 0.2) is 0 Å². The Morgan fingerprint density at radius 3 is 2.28 bits per heavy atom. The van der Waals surface area contributed by atoms with Crippen molar-refractivity contribution in [1.82, 2.24) is 4.31 Å². The highest BCUT2D eigenvalue weighted by Gasteiger charge is 2.26. The SMILES string of the molecule is O=C(Oc1ccc2ccccc2c1)c1cccc(S(=O)(=O)N2CCCCCC2)c1. The Bertz CT molecular complexity index is 1130. The van der Waals surface area contributed by atoms with Gasteiger partial charge in [0, 0.05) is 13.1 Å². The van der Waals surface area contributed by atoms with Crippen LogP contribution in [-0.4, -0.2) is 31.8 Å². The Balaban J connectivity index is 1.56. The van der Waals surface area contributed by atoms with Crippen LogP contribution in [0.15, 0.2) is 71.6 Å². The minimum atomic E-state index is -3.62. The molecule has 1 heterocycles. The quantitative estimate of drug-likeness (QED) is 0.466. The van der Waals surface area contributed by atoms with Crippen LogP contribution in [0.4, 0.5) is 0 Å². The predicted molar refractivity (Wildman–Crippen MR) is 113 cm³/mol. The van der Waals surface area contributed by atoms with Gasteiger partial charge in [0.1, 0.15) is 5.75 Å². The monoisotopic (exact) mass is 409 g/mol. The lowest BCUT2D eigenvalue weighted by molar-refractivity contribution is 0.0734. The first kappa shape index (κ1) is 19.6. The number of nitrogens with zero attached hydrogens (tertiary/aromatic N) is 1. The fourth-order valence-corrected chi connectivity index (χ4v) is 5.17. The third-order valence-electron chi connectivity index (χ3n) is 5.20. The Morgan fingerprint density at radius 2 is 1.52 bits per heavy atom. The molecule has 4 rings (SSSR count). The molecule has 0 amide bonds. The van der Waals surface area contributed by atoms with E-state index in [4.69, 9.17) is 4.74 Å². The summed E-state index contributed by atoms with van der Waals surface area (Å²) in [5.41, 5.74) is 0.217. The largest absolute Gasteiger partial charge is 0.423 e. The Hall–Kier alpha value is -2.70. The maximum absolute atomic E-state index is 13.0. The van der Waals surface area contributed by atoms with Gasteiger partial charge in [-0.1, -0.05) is 49.2 Å². The van der Waals surface area contributed by atoms with E-state index in [0.717, 1.165) is 36.5 Å². The van der Waals surface area contributed by atoms with E-state index in [0.29, 0.717) is 18.8 Å². The van der Waals surface area contributed by atoms with Crippen molar-refractivity contribution in [2.75, 3.05) is 13.1 Å². The lowest BCUT2D eigenvalue weighted by Crippen LogP contribution is -2.32. The molecule has 1 aliphatic heterocycles. The molecule has 0 spiro atoms. The highest BCUT2D eigenvalue weighted by Crippen LogP contribution is 2.24. The van der Waals surface area contributed by atoms with Crippen LogP contribution in [0.1, 0.15) is 36.0 Å². The summed E-state index contributed by atoms with van der Waals surface area (Å²) < 4.78 is 33.0. The molecule has 5 nitrogen and oxygen atoms in total. The van der Waals surface area contributed by atoms with E-state index in [1.165, 1.54) is 16.4 Å². The molecule has 0 atom stereocenters. The molecule has 3 aromatic carbocycles. The van der Waals surface area contributed by atoms with Crippen LogP contribution in [0.2, 0.25) is 0 Å². The maximum Gasteiger partial charge on any atom is 0.343 e. The minimum Gasteiger partial charge on any atom is -0.423 e. The fraction of sp³-hybridized carbons (Fsp3) is 0.261. The van der Waals surface area contributed by atoms with Crippen LogP contribution in [0, 0.1) is 0 Å². The molecule has 0 bridgehead atoms. The number of carbonyl (C=O) groups excluding carboxylic acids is 1. The smallest absolute Gasteiger partial charge is 0.343 e. The first-order valence-electron chi connectivity index (χ1n) is 9.85. The second-order valence-corrected chi connectivity index (χ2v) is 9.18. The molecule has 1 aliphatic rings. The van der Waals surface area contributed by atoms with Crippen molar-refractivity contribution < 1.29 is 17.9 Å². The molecule has 0 saturated carbocycles. The van der Waals surface area contributed by atoms with Crippen molar-refractivity contribution in [3.63, 3.8) is 0 Å². The van der Waals surface area contributed by atoms with Crippen LogP contribution in [0.25, 0.3) is 10.8 Å². The van der Waals surface area contributed by atoms with Crippen molar-refractivity contribution in [2.24, 2.45) is 0 Å². The molecule has 1 saturated heterocycles. The van der Waals surface area contributed by atoms with Crippen LogP contribution in [0.3, 0.4) is 0 Å². The molecule has 1 fully saturated rings. The predicted octanol–water partition coefficient (Wildman–Crippen LogP) is 4.62. The van der Waals surface area contributed by atoms with Gasteiger partial charge >= 0.3 is 5.97 Å². The molecule has 0 radical (unpaired) electrons. The highest BCUT2D eigenvalue weighted by atomic mass is 32.2. The molecule has 0 aliphatic carbocycles. The zero-order valence-corrected chi connectivity index (χ0v) is 16.9. The fourth-order valence-electron chi connectivity index (χ4n) is 3.61. The van der Waals surface area contributed by atoms with Gasteiger partial charge in [0.05, 0.1) is 10.5 Å². The normalized spacial score (nSPS) is 15.7. The van der Waals surface area contributed by atoms with Crippen LogP contribution in [-0.2, 0) is 10.0 Å². The second kappa shape index (κ2) is 8.35. The van der Waals surface area contributed by atoms with Gasteiger partial charge in [-0.15, -0.1) is 0 Å². The first-order valence-corrected chi connectivity index (χ1v) is 11.3. The summed E-state index contributed by atoms with van der Waals surface area (Å²) in [6.45, 7) is 1.04. The Labute approximate surface area is 171 Å². The molecular weight excluding hydrogens is 386 g/mol. The van der Waals surface area contributed by atoms with Gasteiger partial charge in [-0.25, -0.2) is 13.2 Å². The number of hydrogen-bond acceptors (Lipinski definition) is 4. The summed E-state index contributed by atoms with van der Waals surface area (Å²) in [4.78, 5) is 12.8. The summed E-state index contributed by atoms with van der Waals surface area (Å²) >= 11 is 0. The number of benzene rings is 3. The number of esters is 1. The van der Waals surface area contributed by atoms with E-state index in [9.17, 15) is 13.2 Å². The molecule has 0 N–H and O–H groups in total. The van der Waals surface area contributed by atoms with E-state index >= 15 is 0 Å². The minimum absolute atomic E-state index is 0.132. The Morgan fingerprint density at radius 1 is 0.793 bits per heavy atom. The average Bonchev–Trinajstić information content (AvgIpc) is 3.04. The van der Waals surface area contributed by atoms with E-state index in [1.807, 2.05) is 30.3 Å². The maximum atomic E-state index is 13.0. The van der Waals surface area contributed by atoms with E-state index in [-0.39, 0.29) is 10.5 Å². The summed E-state index contributed by atoms with van der Waals surface area (Å²) in [5, 5.41) is 2.02. The standard InChI is InChI=1S/C23H23NO4S/c25-23(28-21-13-12-18-8-3-4-9-19(18)16-21)20-10-7-11-22(17-20)29(26,27)24-14-5-1-2-6-15-24/h3-4,7-13,16-17H,1-2,5-6,14-15H2. The zero-order valence-electron chi connectivity index (χ0n) is 16.1. The molecule has 3 aromatic rings. The van der Waals surface area contributed by atoms with Crippen LogP contribution in [0.5, 0.6) is 5.75 Å². The van der Waals surface area contributed by atoms with Gasteiger partial charge in [-0.2, -0.15) is 4.31 Å². The lowest BCUT2D eigenvalue weighted by atomic mass is 10.1. The number of fused-ring (bicyclic) bond motifs is 1. The van der Waals surface area contributed by atoms with E-state index in [1.54, 1.807) is 24.3 Å². The van der Waals surface area contributed by atoms with Gasteiger partial charge in [0.25, 0.3) is 0 Å². The van der Waals surface area contributed by atoms with Crippen molar-refractivity contribution in [1.29, 1.82) is 0 Å². The van der Waals surface area contributed by atoms with Gasteiger partial charge in [0.2, 0.25) is 10.0 Å². The van der Waals surface area contributed by atoms with Crippen molar-refractivity contribution in [3.05, 3.63) is 72.3 Å². The van der Waals surface area contributed by atoms with Gasteiger partial charge in [-0.3, -0.25) is 0 Å². The summed E-state index contributed by atoms with van der Waals surface area (Å²) in [6.07, 6.45) is 3.82. The summed E-state index contributed by atoms with van der Waals surface area (Å²) in [7, 11) is -3.62. The third-order valence-corrected chi connectivity index (χ3v) is 7.10. The number of ether oxygens (including phenoxy) is 1.